The van der Waals surface area contributed by atoms with Gasteiger partial charge in [-0.2, -0.15) is 0 Å². The Morgan fingerprint density at radius 3 is 2.32 bits per heavy atom. The van der Waals surface area contributed by atoms with E-state index in [1.165, 1.54) is 0 Å². The van der Waals surface area contributed by atoms with E-state index in [4.69, 9.17) is 4.74 Å². The van der Waals surface area contributed by atoms with Gasteiger partial charge in [0.2, 0.25) is 10.0 Å². The first-order chi connectivity index (χ1) is 18.0. The van der Waals surface area contributed by atoms with Crippen molar-refractivity contribution in [1.82, 2.24) is 4.72 Å². The van der Waals surface area contributed by atoms with Gasteiger partial charge < -0.3 is 14.9 Å². The Hall–Kier alpha value is -0.860. The van der Waals surface area contributed by atoms with Gasteiger partial charge in [0.1, 0.15) is 0 Å². The third kappa shape index (κ3) is 4.93. The van der Waals surface area contributed by atoms with Crippen molar-refractivity contribution in [2.75, 3.05) is 6.61 Å². The zero-order chi connectivity index (χ0) is 27.3. The molecule has 5 fully saturated rings. The maximum absolute atomic E-state index is 12.6. The summed E-state index contributed by atoms with van der Waals surface area (Å²) in [5.41, 5.74) is 0.292. The summed E-state index contributed by atoms with van der Waals surface area (Å²) in [7, 11) is -3.68. The molecule has 7 nitrogen and oxygen atoms in total. The smallest absolute Gasteiger partial charge is 0.420 e. The van der Waals surface area contributed by atoms with E-state index in [1.54, 1.807) is 0 Å². The second kappa shape index (κ2) is 10.8. The molecule has 0 aliphatic heterocycles. The van der Waals surface area contributed by atoms with Crippen LogP contribution in [-0.2, 0) is 14.8 Å². The van der Waals surface area contributed by atoms with Crippen LogP contribution >= 0.6 is 0 Å². The minimum atomic E-state index is -3.68. The average Bonchev–Trinajstić information content (AvgIpc) is 3.22. The molecule has 1 amide bonds. The second-order valence-electron chi connectivity index (χ2n) is 14.0. The lowest BCUT2D eigenvalue weighted by Gasteiger charge is -2.64. The Labute approximate surface area is 229 Å². The third-order valence-electron chi connectivity index (χ3n) is 12.5. The molecule has 3 N–H and O–H groups in total. The third-order valence-corrected chi connectivity index (χ3v) is 14.3. The number of hydrogen-bond acceptors (Lipinski definition) is 6. The zero-order valence-electron chi connectivity index (χ0n) is 23.7. The van der Waals surface area contributed by atoms with Crippen molar-refractivity contribution in [2.45, 2.75) is 128 Å². The summed E-state index contributed by atoms with van der Waals surface area (Å²) >= 11 is 0. The van der Waals surface area contributed by atoms with Crippen LogP contribution in [0.3, 0.4) is 0 Å². The van der Waals surface area contributed by atoms with Gasteiger partial charge in [0, 0.05) is 0 Å². The van der Waals surface area contributed by atoms with Crippen LogP contribution in [-0.4, -0.2) is 48.8 Å². The van der Waals surface area contributed by atoms with Gasteiger partial charge in [0.25, 0.3) is 0 Å². The van der Waals surface area contributed by atoms with Crippen molar-refractivity contribution in [3.8, 4) is 0 Å². The molecule has 0 bridgehead atoms. The van der Waals surface area contributed by atoms with E-state index < -0.39 is 21.4 Å². The Morgan fingerprint density at radius 2 is 1.61 bits per heavy atom. The van der Waals surface area contributed by atoms with Crippen LogP contribution in [0.1, 0.15) is 111 Å². The molecule has 38 heavy (non-hydrogen) atoms. The minimum Gasteiger partial charge on any atom is -0.449 e. The van der Waals surface area contributed by atoms with Crippen LogP contribution in [0, 0.1) is 46.3 Å². The largest absolute Gasteiger partial charge is 0.449 e. The van der Waals surface area contributed by atoms with Crippen molar-refractivity contribution in [2.24, 2.45) is 46.3 Å². The second-order valence-corrected chi connectivity index (χ2v) is 16.0. The summed E-state index contributed by atoms with van der Waals surface area (Å²) in [4.78, 5) is 12.4. The molecule has 0 aromatic heterocycles. The number of hydrogen-bond donors (Lipinski definition) is 3. The maximum Gasteiger partial charge on any atom is 0.420 e. The Morgan fingerprint density at radius 1 is 0.921 bits per heavy atom. The van der Waals surface area contributed by atoms with Crippen LogP contribution in [0.5, 0.6) is 0 Å². The number of aliphatic hydroxyl groups excluding tert-OH is 2. The summed E-state index contributed by atoms with van der Waals surface area (Å²) in [6, 6.07) is 0. The molecule has 0 radical (unpaired) electrons. The highest BCUT2D eigenvalue weighted by Crippen LogP contribution is 2.69. The van der Waals surface area contributed by atoms with Gasteiger partial charge in [-0.25, -0.2) is 17.9 Å². The lowest BCUT2D eigenvalue weighted by molar-refractivity contribution is -0.202. The van der Waals surface area contributed by atoms with Crippen LogP contribution in [0.2, 0.25) is 0 Å². The lowest BCUT2D eigenvalue weighted by Crippen LogP contribution is -2.62. The molecule has 0 aromatic rings. The molecule has 0 unspecified atom stereocenters. The summed E-state index contributed by atoms with van der Waals surface area (Å²) < 4.78 is 32.7. The zero-order valence-corrected chi connectivity index (χ0v) is 24.6. The SMILES string of the molecule is CC[C@H]1[C@@H](O)[C@@H]2[C@H](CC[C@]3(C)[C@@H](CCOC(=O)NS(=O)(=O)C4CCCCC4)CC[C@@H]23)[C@@]2(C)CC[C@@H](O)C[C@@H]12. The summed E-state index contributed by atoms with van der Waals surface area (Å²) in [6.45, 7) is 7.28. The Bertz CT molecular complexity index is 966. The van der Waals surface area contributed by atoms with E-state index in [0.717, 1.165) is 77.0 Å². The van der Waals surface area contributed by atoms with E-state index in [1.807, 2.05) is 0 Å². The number of ether oxygens (including phenoxy) is 1. The molecule has 10 atom stereocenters. The number of rotatable bonds is 6. The standard InChI is InChI=1S/C30H51NO6S/c1-4-22-25-18-20(32)12-15-30(25,3)24-13-16-29(2)19(10-11-23(29)26(24)27(22)33)14-17-37-28(34)31-38(35,36)21-8-6-5-7-9-21/h19-27,32-33H,4-18H2,1-3H3,(H,31,34)/t19-,20-,22-,23+,24+,25+,26+,27-,29-,30-/m1/s1. The minimum absolute atomic E-state index is 0.103. The van der Waals surface area contributed by atoms with Crippen molar-refractivity contribution < 1.29 is 28.2 Å². The predicted molar refractivity (Wildman–Crippen MR) is 147 cm³/mol. The van der Waals surface area contributed by atoms with Crippen molar-refractivity contribution >= 4 is 16.1 Å². The van der Waals surface area contributed by atoms with Crippen molar-refractivity contribution in [3.63, 3.8) is 0 Å². The molecule has 0 spiro atoms. The highest BCUT2D eigenvalue weighted by Gasteiger charge is 2.64. The number of carbonyl (C=O) groups excluding carboxylic acids is 1. The topological polar surface area (TPSA) is 113 Å². The molecule has 5 aliphatic rings. The van der Waals surface area contributed by atoms with Crippen LogP contribution in [0.25, 0.3) is 0 Å². The molecular formula is C30H51NO6S. The number of sulfonamides is 1. The van der Waals surface area contributed by atoms with Gasteiger partial charge >= 0.3 is 6.09 Å². The van der Waals surface area contributed by atoms with E-state index in [2.05, 4.69) is 25.5 Å². The van der Waals surface area contributed by atoms with Crippen LogP contribution in [0.4, 0.5) is 4.79 Å². The van der Waals surface area contributed by atoms with Crippen molar-refractivity contribution in [1.29, 1.82) is 0 Å². The van der Waals surface area contributed by atoms with E-state index in [9.17, 15) is 23.4 Å². The highest BCUT2D eigenvalue weighted by molar-refractivity contribution is 7.90. The van der Waals surface area contributed by atoms with Crippen LogP contribution in [0.15, 0.2) is 0 Å². The molecule has 5 aliphatic carbocycles. The van der Waals surface area contributed by atoms with Crippen LogP contribution < -0.4 is 4.72 Å². The van der Waals surface area contributed by atoms with Gasteiger partial charge in [0.05, 0.1) is 24.1 Å². The summed E-state index contributed by atoms with van der Waals surface area (Å²) in [6.07, 6.45) is 11.5. The fraction of sp³-hybridized carbons (Fsp3) is 0.967. The molecule has 218 valence electrons. The normalized spacial score (nSPS) is 45.5. The molecular weight excluding hydrogens is 502 g/mol. The first-order valence-corrected chi connectivity index (χ1v) is 17.1. The predicted octanol–water partition coefficient (Wildman–Crippen LogP) is 5.39. The Balaban J connectivity index is 1.22. The number of amides is 1. The Kier molecular flexibility index (Phi) is 8.18. The van der Waals surface area contributed by atoms with Gasteiger partial charge in [-0.1, -0.05) is 46.5 Å². The first kappa shape index (κ1) is 28.7. The van der Waals surface area contributed by atoms with E-state index >= 15 is 0 Å². The maximum atomic E-state index is 12.6. The number of aliphatic hydroxyl groups is 2. The highest BCUT2D eigenvalue weighted by atomic mass is 32.2. The monoisotopic (exact) mass is 553 g/mol. The summed E-state index contributed by atoms with van der Waals surface area (Å²) in [5, 5.41) is 21.8. The molecule has 0 aromatic carbocycles. The quantitative estimate of drug-likeness (QED) is 0.406. The van der Waals surface area contributed by atoms with Gasteiger partial charge in [-0.05, 0) is 111 Å². The van der Waals surface area contributed by atoms with Gasteiger partial charge in [-0.15, -0.1) is 0 Å². The first-order valence-electron chi connectivity index (χ1n) is 15.6. The fourth-order valence-corrected chi connectivity index (χ4v) is 11.9. The molecule has 0 saturated heterocycles. The van der Waals surface area contributed by atoms with Gasteiger partial charge in [-0.3, -0.25) is 0 Å². The molecule has 5 saturated carbocycles. The lowest BCUT2D eigenvalue weighted by atomic mass is 9.41. The fourth-order valence-electron chi connectivity index (χ4n) is 10.4. The molecule has 0 heterocycles. The number of carbonyl (C=O) groups is 1. The van der Waals surface area contributed by atoms with E-state index in [-0.39, 0.29) is 35.6 Å². The molecule has 5 rings (SSSR count). The van der Waals surface area contributed by atoms with E-state index in [0.29, 0.717) is 42.4 Å². The number of fused-ring (bicyclic) bond motifs is 5. The molecule has 8 heteroatoms. The van der Waals surface area contributed by atoms with Crippen molar-refractivity contribution in [3.05, 3.63) is 0 Å². The van der Waals surface area contributed by atoms with Gasteiger partial charge in [0.15, 0.2) is 0 Å². The average molecular weight is 554 g/mol. The summed E-state index contributed by atoms with van der Waals surface area (Å²) in [5.74, 6) is 2.30. The number of nitrogens with one attached hydrogen (secondary N) is 1.